The third kappa shape index (κ3) is 4.95. The molecule has 0 fully saturated rings. The number of benzene rings is 1. The standard InChI is InChI=1S/C11H15BrClNO2S/c1-9(13)5-4-8-14-17(15,16)11-7-3-2-6-10(11)12/h2-3,6-7,9,14H,4-5,8H2,1H3. The Morgan fingerprint density at radius 1 is 1.41 bits per heavy atom. The minimum Gasteiger partial charge on any atom is -0.211 e. The summed E-state index contributed by atoms with van der Waals surface area (Å²) in [5.41, 5.74) is 0. The number of nitrogens with one attached hydrogen (secondary N) is 1. The maximum atomic E-state index is 11.9. The van der Waals surface area contributed by atoms with Crippen LogP contribution in [0.2, 0.25) is 0 Å². The van der Waals surface area contributed by atoms with Crippen molar-refractivity contribution in [2.75, 3.05) is 6.54 Å². The number of hydrogen-bond donors (Lipinski definition) is 1. The number of sulfonamides is 1. The minimum atomic E-state index is -3.43. The van der Waals surface area contributed by atoms with Gasteiger partial charge in [-0.15, -0.1) is 11.6 Å². The van der Waals surface area contributed by atoms with E-state index in [0.717, 1.165) is 12.8 Å². The smallest absolute Gasteiger partial charge is 0.211 e. The largest absolute Gasteiger partial charge is 0.241 e. The lowest BCUT2D eigenvalue weighted by Gasteiger charge is -2.08. The molecule has 96 valence electrons. The average molecular weight is 341 g/mol. The van der Waals surface area contributed by atoms with Crippen molar-refractivity contribution in [1.82, 2.24) is 4.72 Å². The van der Waals surface area contributed by atoms with Crippen LogP contribution in [0.3, 0.4) is 0 Å². The van der Waals surface area contributed by atoms with Crippen molar-refractivity contribution in [2.24, 2.45) is 0 Å². The first-order chi connectivity index (χ1) is 7.93. The number of alkyl halides is 1. The van der Waals surface area contributed by atoms with Gasteiger partial charge in [0.25, 0.3) is 0 Å². The Morgan fingerprint density at radius 2 is 2.06 bits per heavy atom. The maximum Gasteiger partial charge on any atom is 0.241 e. The molecule has 1 atom stereocenters. The number of rotatable bonds is 6. The van der Waals surface area contributed by atoms with Gasteiger partial charge in [-0.25, -0.2) is 13.1 Å². The summed E-state index contributed by atoms with van der Waals surface area (Å²) in [4.78, 5) is 0.263. The summed E-state index contributed by atoms with van der Waals surface area (Å²) >= 11 is 9.01. The minimum absolute atomic E-state index is 0.0722. The molecule has 1 aromatic carbocycles. The van der Waals surface area contributed by atoms with Crippen LogP contribution in [0, 0.1) is 0 Å². The lowest BCUT2D eigenvalue weighted by molar-refractivity contribution is 0.576. The Morgan fingerprint density at radius 3 is 2.65 bits per heavy atom. The lowest BCUT2D eigenvalue weighted by Crippen LogP contribution is -2.25. The van der Waals surface area contributed by atoms with Crippen LogP contribution in [0.4, 0.5) is 0 Å². The van der Waals surface area contributed by atoms with E-state index in [9.17, 15) is 8.42 Å². The highest BCUT2D eigenvalue weighted by atomic mass is 79.9. The van der Waals surface area contributed by atoms with Crippen LogP contribution in [0.25, 0.3) is 0 Å². The molecule has 0 radical (unpaired) electrons. The molecule has 0 saturated heterocycles. The first-order valence-corrected chi connectivity index (χ1v) is 8.03. The molecular weight excluding hydrogens is 326 g/mol. The van der Waals surface area contributed by atoms with Crippen LogP contribution >= 0.6 is 27.5 Å². The summed E-state index contributed by atoms with van der Waals surface area (Å²) in [6.07, 6.45) is 1.52. The van der Waals surface area contributed by atoms with E-state index in [4.69, 9.17) is 11.6 Å². The second-order valence-electron chi connectivity index (χ2n) is 3.75. The Kier molecular flexibility index (Phi) is 5.92. The van der Waals surface area contributed by atoms with E-state index in [0.29, 0.717) is 11.0 Å². The predicted molar refractivity (Wildman–Crippen MR) is 73.9 cm³/mol. The Labute approximate surface area is 116 Å². The second-order valence-corrected chi connectivity index (χ2v) is 7.09. The van der Waals surface area contributed by atoms with Gasteiger partial charge >= 0.3 is 0 Å². The molecule has 0 saturated carbocycles. The predicted octanol–water partition coefficient (Wildman–Crippen LogP) is 3.13. The topological polar surface area (TPSA) is 46.2 Å². The summed E-state index contributed by atoms with van der Waals surface area (Å²) in [5, 5.41) is 0.0722. The molecule has 0 heterocycles. The van der Waals surface area contributed by atoms with E-state index in [1.165, 1.54) is 0 Å². The summed E-state index contributed by atoms with van der Waals surface area (Å²) in [6, 6.07) is 6.74. The molecule has 6 heteroatoms. The highest BCUT2D eigenvalue weighted by Gasteiger charge is 2.15. The monoisotopic (exact) mass is 339 g/mol. The molecule has 17 heavy (non-hydrogen) atoms. The second kappa shape index (κ2) is 6.73. The molecule has 1 N–H and O–H groups in total. The molecule has 0 bridgehead atoms. The SMILES string of the molecule is CC(Cl)CCCNS(=O)(=O)c1ccccc1Br. The zero-order valence-electron chi connectivity index (χ0n) is 9.49. The number of halogens is 2. The molecule has 1 unspecified atom stereocenters. The quantitative estimate of drug-likeness (QED) is 0.639. The fraction of sp³-hybridized carbons (Fsp3) is 0.455. The summed E-state index contributed by atoms with van der Waals surface area (Å²) in [7, 11) is -3.43. The van der Waals surface area contributed by atoms with E-state index in [2.05, 4.69) is 20.7 Å². The van der Waals surface area contributed by atoms with E-state index >= 15 is 0 Å². The molecular formula is C11H15BrClNO2S. The zero-order chi connectivity index (χ0) is 12.9. The van der Waals surface area contributed by atoms with Gasteiger partial charge in [-0.1, -0.05) is 12.1 Å². The Balaban J connectivity index is 2.61. The van der Waals surface area contributed by atoms with Crippen LogP contribution in [0.15, 0.2) is 33.6 Å². The summed E-state index contributed by atoms with van der Waals surface area (Å²) < 4.78 is 27.0. The van der Waals surface area contributed by atoms with Crippen molar-refractivity contribution in [1.29, 1.82) is 0 Å². The van der Waals surface area contributed by atoms with Crippen LogP contribution in [-0.2, 0) is 10.0 Å². The third-order valence-corrected chi connectivity index (χ3v) is 4.89. The molecule has 0 aliphatic heterocycles. The van der Waals surface area contributed by atoms with E-state index in [1.54, 1.807) is 24.3 Å². The van der Waals surface area contributed by atoms with E-state index in [-0.39, 0.29) is 10.3 Å². The van der Waals surface area contributed by atoms with Crippen LogP contribution < -0.4 is 4.72 Å². The van der Waals surface area contributed by atoms with Gasteiger partial charge in [0.05, 0.1) is 4.90 Å². The summed E-state index contributed by atoms with van der Waals surface area (Å²) in [6.45, 7) is 2.30. The molecule has 1 aromatic rings. The van der Waals surface area contributed by atoms with Gasteiger partial charge in [-0.05, 0) is 47.8 Å². The normalized spacial score (nSPS) is 13.6. The third-order valence-electron chi connectivity index (χ3n) is 2.20. The molecule has 0 aliphatic carbocycles. The maximum absolute atomic E-state index is 11.9. The molecule has 0 aromatic heterocycles. The van der Waals surface area contributed by atoms with Gasteiger partial charge in [-0.3, -0.25) is 0 Å². The highest BCUT2D eigenvalue weighted by Crippen LogP contribution is 2.20. The van der Waals surface area contributed by atoms with Crippen LogP contribution in [-0.4, -0.2) is 20.3 Å². The van der Waals surface area contributed by atoms with Crippen molar-refractivity contribution in [3.05, 3.63) is 28.7 Å². The van der Waals surface area contributed by atoms with Crippen molar-refractivity contribution < 1.29 is 8.42 Å². The van der Waals surface area contributed by atoms with Crippen molar-refractivity contribution in [3.8, 4) is 0 Å². The average Bonchev–Trinajstić information content (AvgIpc) is 2.24. The van der Waals surface area contributed by atoms with Crippen molar-refractivity contribution in [2.45, 2.75) is 30.0 Å². The van der Waals surface area contributed by atoms with Crippen molar-refractivity contribution >= 4 is 37.6 Å². The molecule has 0 amide bonds. The molecule has 1 rings (SSSR count). The summed E-state index contributed by atoms with van der Waals surface area (Å²) in [5.74, 6) is 0. The van der Waals surface area contributed by atoms with Gasteiger partial charge in [0.15, 0.2) is 0 Å². The molecule has 0 spiro atoms. The fourth-order valence-corrected chi connectivity index (χ4v) is 3.56. The van der Waals surface area contributed by atoms with Gasteiger partial charge in [-0.2, -0.15) is 0 Å². The Hall–Kier alpha value is -0.100. The van der Waals surface area contributed by atoms with Gasteiger partial charge in [0.1, 0.15) is 0 Å². The Bertz CT molecular complexity index is 462. The van der Waals surface area contributed by atoms with Gasteiger partial charge in [0, 0.05) is 16.4 Å². The van der Waals surface area contributed by atoms with E-state index in [1.807, 2.05) is 6.92 Å². The van der Waals surface area contributed by atoms with Gasteiger partial charge < -0.3 is 0 Å². The van der Waals surface area contributed by atoms with Crippen LogP contribution in [0.5, 0.6) is 0 Å². The van der Waals surface area contributed by atoms with Crippen molar-refractivity contribution in [3.63, 3.8) is 0 Å². The van der Waals surface area contributed by atoms with E-state index < -0.39 is 10.0 Å². The first-order valence-electron chi connectivity index (χ1n) is 5.32. The van der Waals surface area contributed by atoms with Gasteiger partial charge in [0.2, 0.25) is 10.0 Å². The number of hydrogen-bond acceptors (Lipinski definition) is 2. The lowest BCUT2D eigenvalue weighted by atomic mass is 10.2. The fourth-order valence-electron chi connectivity index (χ4n) is 1.33. The van der Waals surface area contributed by atoms with Crippen LogP contribution in [0.1, 0.15) is 19.8 Å². The first kappa shape index (κ1) is 15.0. The highest BCUT2D eigenvalue weighted by molar-refractivity contribution is 9.10. The molecule has 3 nitrogen and oxygen atoms in total. The zero-order valence-corrected chi connectivity index (χ0v) is 12.6. The molecule has 0 aliphatic rings.